The van der Waals surface area contributed by atoms with Gasteiger partial charge in [-0.05, 0) is 81.0 Å². The predicted octanol–water partition coefficient (Wildman–Crippen LogP) is 12.6. The van der Waals surface area contributed by atoms with Crippen LogP contribution in [0.5, 0.6) is 0 Å². The number of H-pyrrole nitrogens is 1. The van der Waals surface area contributed by atoms with E-state index in [1.54, 1.807) is 0 Å². The van der Waals surface area contributed by atoms with Crippen LogP contribution in [0.4, 0.5) is 5.69 Å². The van der Waals surface area contributed by atoms with Gasteiger partial charge in [-0.25, -0.2) is 4.99 Å². The van der Waals surface area contributed by atoms with Crippen molar-refractivity contribution in [1.29, 1.82) is 0 Å². The summed E-state index contributed by atoms with van der Waals surface area (Å²) in [7, 11) is 0. The number of hydrogen-bond acceptors (Lipinski definition) is 2. The molecule has 0 saturated carbocycles. The summed E-state index contributed by atoms with van der Waals surface area (Å²) in [5.74, 6) is 0.875. The summed E-state index contributed by atoms with van der Waals surface area (Å²) >= 11 is 0. The molecule has 0 radical (unpaired) electrons. The Morgan fingerprint density at radius 3 is 1.83 bits per heavy atom. The lowest BCUT2D eigenvalue weighted by Gasteiger charge is -2.28. The Morgan fingerprint density at radius 2 is 1.07 bits per heavy atom. The van der Waals surface area contributed by atoms with Gasteiger partial charge >= 0.3 is 0 Å². The Kier molecular flexibility index (Phi) is 6.08. The first kappa shape index (κ1) is 29.4. The number of rotatable bonds is 3. The SMILES string of the molecule is c1ccc2c(c1)N=C(c1ccc(-n3c4ccc5ccccc5c4c4c5ccccc5ccc43)c3ccccc13)NC2c1ccc2[nH]c3ccccc3c2c1. The second-order valence-electron chi connectivity index (χ2n) is 14.4. The summed E-state index contributed by atoms with van der Waals surface area (Å²) < 4.78 is 2.47. The second kappa shape index (κ2) is 11.2. The molecular formula is C50H32N4. The summed E-state index contributed by atoms with van der Waals surface area (Å²) in [6.07, 6.45) is 0. The molecule has 1 aliphatic rings. The van der Waals surface area contributed by atoms with Crippen molar-refractivity contribution in [3.8, 4) is 5.69 Å². The van der Waals surface area contributed by atoms with Crippen LogP contribution in [-0.2, 0) is 0 Å². The quantitative estimate of drug-likeness (QED) is 0.191. The molecule has 1 unspecified atom stereocenters. The van der Waals surface area contributed by atoms with Crippen molar-refractivity contribution in [2.75, 3.05) is 0 Å². The van der Waals surface area contributed by atoms with Crippen molar-refractivity contribution in [2.45, 2.75) is 6.04 Å². The average molecular weight is 689 g/mol. The van der Waals surface area contributed by atoms with Gasteiger partial charge in [-0.2, -0.15) is 0 Å². The molecule has 54 heavy (non-hydrogen) atoms. The lowest BCUT2D eigenvalue weighted by Crippen LogP contribution is -2.33. The van der Waals surface area contributed by atoms with Crippen LogP contribution in [0, 0.1) is 0 Å². The number of nitrogens with one attached hydrogen (secondary N) is 2. The highest BCUT2D eigenvalue weighted by atomic mass is 15.1. The minimum absolute atomic E-state index is 0.0656. The normalized spacial score (nSPS) is 14.4. The molecule has 12 rings (SSSR count). The topological polar surface area (TPSA) is 45.1 Å². The molecule has 0 fully saturated rings. The molecule has 0 saturated heterocycles. The zero-order chi connectivity index (χ0) is 35.3. The maximum Gasteiger partial charge on any atom is 0.135 e. The van der Waals surface area contributed by atoms with Crippen LogP contribution in [0.25, 0.3) is 81.6 Å². The highest BCUT2D eigenvalue weighted by Gasteiger charge is 2.26. The van der Waals surface area contributed by atoms with Gasteiger partial charge in [0.2, 0.25) is 0 Å². The van der Waals surface area contributed by atoms with Crippen molar-refractivity contribution < 1.29 is 0 Å². The standard InChI is InChI=1S/C50H32N4/c1-3-13-33-30(11-1)22-26-45-47(33)48-34-14-4-2-12-31(34)23-27-46(48)54(45)44-28-24-38(35-15-5-6-17-37(35)44)50-52-42-20-10-8-18-39(42)49(53-50)32-21-25-43-40(29-32)36-16-7-9-19-41(36)51-43/h1-29,49,51H,(H,52,53). The lowest BCUT2D eigenvalue weighted by molar-refractivity contribution is 0.751. The van der Waals surface area contributed by atoms with Crippen LogP contribution in [-0.4, -0.2) is 15.4 Å². The summed E-state index contributed by atoms with van der Waals surface area (Å²) in [6, 6.07) is 63.8. The number of aliphatic imine (C=N–C) groups is 1. The van der Waals surface area contributed by atoms with Gasteiger partial charge < -0.3 is 14.9 Å². The van der Waals surface area contributed by atoms with Crippen molar-refractivity contribution >= 4 is 87.5 Å². The third-order valence-electron chi connectivity index (χ3n) is 11.6. The minimum atomic E-state index is -0.0656. The molecule has 252 valence electrons. The first-order chi connectivity index (χ1) is 26.8. The van der Waals surface area contributed by atoms with E-state index in [0.717, 1.165) is 39.2 Å². The molecule has 9 aromatic carbocycles. The molecule has 2 aromatic heterocycles. The van der Waals surface area contributed by atoms with Gasteiger partial charge in [-0.1, -0.05) is 127 Å². The van der Waals surface area contributed by atoms with Crippen molar-refractivity contribution in [2.24, 2.45) is 4.99 Å². The maximum atomic E-state index is 5.30. The smallest absolute Gasteiger partial charge is 0.135 e. The van der Waals surface area contributed by atoms with Crippen LogP contribution in [0.15, 0.2) is 181 Å². The fraction of sp³-hybridized carbons (Fsp3) is 0.0200. The molecule has 1 aliphatic heterocycles. The van der Waals surface area contributed by atoms with Crippen LogP contribution in [0.3, 0.4) is 0 Å². The molecule has 0 aliphatic carbocycles. The van der Waals surface area contributed by atoms with E-state index < -0.39 is 0 Å². The summed E-state index contributed by atoms with van der Waals surface area (Å²) in [5.41, 5.74) is 10.3. The Bertz CT molecular complexity index is 3290. The predicted molar refractivity (Wildman–Crippen MR) is 227 cm³/mol. The molecule has 2 N–H and O–H groups in total. The van der Waals surface area contributed by atoms with E-state index in [4.69, 9.17) is 4.99 Å². The number of benzene rings is 9. The summed E-state index contributed by atoms with van der Waals surface area (Å²) in [5, 5.41) is 16.3. The highest BCUT2D eigenvalue weighted by Crippen LogP contribution is 2.43. The van der Waals surface area contributed by atoms with Crippen molar-refractivity contribution in [3.05, 3.63) is 193 Å². The van der Waals surface area contributed by atoms with E-state index >= 15 is 0 Å². The molecule has 11 aromatic rings. The third kappa shape index (κ3) is 4.16. The second-order valence-corrected chi connectivity index (χ2v) is 14.4. The number of aromatic nitrogens is 2. The lowest BCUT2D eigenvalue weighted by atomic mass is 9.93. The van der Waals surface area contributed by atoms with Crippen LogP contribution in [0.1, 0.15) is 22.7 Å². The Balaban J connectivity index is 1.07. The molecule has 3 heterocycles. The van der Waals surface area contributed by atoms with E-state index in [1.165, 1.54) is 70.6 Å². The number of hydrogen-bond donors (Lipinski definition) is 2. The fourth-order valence-electron chi connectivity index (χ4n) is 9.14. The summed E-state index contributed by atoms with van der Waals surface area (Å²) in [4.78, 5) is 8.89. The highest BCUT2D eigenvalue weighted by molar-refractivity contribution is 6.29. The third-order valence-corrected chi connectivity index (χ3v) is 11.6. The fourth-order valence-corrected chi connectivity index (χ4v) is 9.14. The Morgan fingerprint density at radius 1 is 0.463 bits per heavy atom. The van der Waals surface area contributed by atoms with E-state index in [2.05, 4.69) is 191 Å². The molecule has 4 nitrogen and oxygen atoms in total. The van der Waals surface area contributed by atoms with Gasteiger partial charge in [0.25, 0.3) is 0 Å². The number of amidine groups is 1. The van der Waals surface area contributed by atoms with Gasteiger partial charge in [0, 0.05) is 49.1 Å². The summed E-state index contributed by atoms with van der Waals surface area (Å²) in [6.45, 7) is 0. The maximum absolute atomic E-state index is 5.30. The van der Waals surface area contributed by atoms with Gasteiger partial charge in [0.05, 0.1) is 28.5 Å². The van der Waals surface area contributed by atoms with Gasteiger partial charge in [0.1, 0.15) is 5.84 Å². The van der Waals surface area contributed by atoms with Crippen LogP contribution >= 0.6 is 0 Å². The Hall–Kier alpha value is -7.17. The monoisotopic (exact) mass is 688 g/mol. The van der Waals surface area contributed by atoms with Crippen LogP contribution < -0.4 is 5.32 Å². The van der Waals surface area contributed by atoms with Gasteiger partial charge in [0.15, 0.2) is 0 Å². The first-order valence-corrected chi connectivity index (χ1v) is 18.6. The average Bonchev–Trinajstić information content (AvgIpc) is 3.79. The number of nitrogens with zero attached hydrogens (tertiary/aromatic N) is 2. The molecule has 0 amide bonds. The van der Waals surface area contributed by atoms with E-state index in [9.17, 15) is 0 Å². The zero-order valence-corrected chi connectivity index (χ0v) is 29.2. The largest absolute Gasteiger partial charge is 0.359 e. The molecule has 1 atom stereocenters. The van der Waals surface area contributed by atoms with E-state index in [1.807, 2.05) is 0 Å². The zero-order valence-electron chi connectivity index (χ0n) is 29.2. The number of fused-ring (bicyclic) bond motifs is 12. The van der Waals surface area contributed by atoms with Crippen molar-refractivity contribution in [3.63, 3.8) is 0 Å². The first-order valence-electron chi connectivity index (χ1n) is 18.6. The Labute approximate surface area is 310 Å². The van der Waals surface area contributed by atoms with E-state index in [0.29, 0.717) is 0 Å². The molecule has 0 bridgehead atoms. The number of para-hydroxylation sites is 2. The van der Waals surface area contributed by atoms with Gasteiger partial charge in [-0.3, -0.25) is 0 Å². The minimum Gasteiger partial charge on any atom is -0.359 e. The molecule has 0 spiro atoms. The van der Waals surface area contributed by atoms with Crippen molar-refractivity contribution in [1.82, 2.24) is 14.9 Å². The van der Waals surface area contributed by atoms with E-state index in [-0.39, 0.29) is 6.04 Å². The molecule has 4 heteroatoms. The van der Waals surface area contributed by atoms with Crippen LogP contribution in [0.2, 0.25) is 0 Å². The van der Waals surface area contributed by atoms with Gasteiger partial charge in [-0.15, -0.1) is 0 Å². The number of aromatic amines is 1. The molecular weight excluding hydrogens is 657 g/mol.